The molecule has 0 spiro atoms. The second-order valence-corrected chi connectivity index (χ2v) is 5.60. The zero-order valence-corrected chi connectivity index (χ0v) is 13.6. The summed E-state index contributed by atoms with van der Waals surface area (Å²) in [6.45, 7) is 6.07. The molecule has 1 aromatic carbocycles. The molecular weight excluding hydrogens is 282 g/mol. The van der Waals surface area contributed by atoms with Gasteiger partial charge in [-0.1, -0.05) is 38.8 Å². The lowest BCUT2D eigenvalue weighted by atomic mass is 9.81. The van der Waals surface area contributed by atoms with E-state index >= 15 is 0 Å². The molecule has 122 valence electrons. The molecule has 0 radical (unpaired) electrons. The summed E-state index contributed by atoms with van der Waals surface area (Å²) in [5.41, 5.74) is 3.88. The quantitative estimate of drug-likeness (QED) is 0.818. The number of hydrogen-bond acceptors (Lipinski definition) is 5. The van der Waals surface area contributed by atoms with Gasteiger partial charge in [0.15, 0.2) is 17.1 Å². The number of para-hydroxylation sites is 2. The van der Waals surface area contributed by atoms with Gasteiger partial charge in [0, 0.05) is 0 Å². The van der Waals surface area contributed by atoms with Crippen molar-refractivity contribution in [2.75, 3.05) is 6.61 Å². The molecule has 22 heavy (non-hydrogen) atoms. The summed E-state index contributed by atoms with van der Waals surface area (Å²) >= 11 is 0. The van der Waals surface area contributed by atoms with Crippen LogP contribution < -0.4 is 15.2 Å². The number of rotatable bonds is 6. The van der Waals surface area contributed by atoms with Crippen molar-refractivity contribution in [1.29, 1.82) is 0 Å². The lowest BCUT2D eigenvalue weighted by molar-refractivity contribution is -0.195. The van der Waals surface area contributed by atoms with Crippen LogP contribution in [0.5, 0.6) is 11.5 Å². The number of carbonyl (C=O) groups excluding carboxylic acids is 1. The van der Waals surface area contributed by atoms with Gasteiger partial charge >= 0.3 is 5.97 Å². The largest absolute Gasteiger partial charge is 0.477 e. The molecule has 1 atom stereocenters. The molecule has 1 unspecified atom stereocenters. The molecule has 0 fully saturated rings. The van der Waals surface area contributed by atoms with Gasteiger partial charge in [0.2, 0.25) is 0 Å². The minimum atomic E-state index is -1.64. The Morgan fingerprint density at radius 1 is 1.09 bits per heavy atom. The third-order valence-electron chi connectivity index (χ3n) is 3.99. The number of hydrogen-bond donors (Lipinski definition) is 1. The molecule has 5 nitrogen and oxygen atoms in total. The molecule has 2 N–H and O–H groups in total. The molecule has 1 aromatic rings. The summed E-state index contributed by atoms with van der Waals surface area (Å²) in [4.78, 5) is 12.5. The highest BCUT2D eigenvalue weighted by Crippen LogP contribution is 2.46. The number of nitrogens with two attached hydrogens (primary N) is 1. The number of esters is 1. The fourth-order valence-corrected chi connectivity index (χ4v) is 3.04. The highest BCUT2D eigenvalue weighted by molar-refractivity contribution is 5.82. The predicted octanol–water partition coefficient (Wildman–Crippen LogP) is 3.01. The van der Waals surface area contributed by atoms with Crippen LogP contribution in [0.15, 0.2) is 24.3 Å². The van der Waals surface area contributed by atoms with Gasteiger partial charge in [-0.3, -0.25) is 5.73 Å². The Balaban J connectivity index is 2.52. The van der Waals surface area contributed by atoms with Crippen LogP contribution in [0.25, 0.3) is 0 Å². The Morgan fingerprint density at radius 3 is 2.14 bits per heavy atom. The van der Waals surface area contributed by atoms with Crippen molar-refractivity contribution in [2.24, 2.45) is 5.73 Å². The third-order valence-corrected chi connectivity index (χ3v) is 3.99. The van der Waals surface area contributed by atoms with Crippen molar-refractivity contribution >= 4 is 5.97 Å². The van der Waals surface area contributed by atoms with Gasteiger partial charge in [-0.05, 0) is 31.9 Å². The van der Waals surface area contributed by atoms with Crippen LogP contribution in [0.1, 0.15) is 46.5 Å². The Morgan fingerprint density at radius 2 is 1.64 bits per heavy atom. The van der Waals surface area contributed by atoms with Gasteiger partial charge in [-0.15, -0.1) is 0 Å². The summed E-state index contributed by atoms with van der Waals surface area (Å²) in [7, 11) is 0. The summed E-state index contributed by atoms with van der Waals surface area (Å²) in [5, 5.41) is 0. The van der Waals surface area contributed by atoms with Crippen LogP contribution in [0, 0.1) is 0 Å². The number of carbonyl (C=O) groups is 1. The average molecular weight is 307 g/mol. The first-order chi connectivity index (χ1) is 10.5. The molecular formula is C17H25NO4. The van der Waals surface area contributed by atoms with E-state index < -0.39 is 17.3 Å². The van der Waals surface area contributed by atoms with Gasteiger partial charge in [0.1, 0.15) is 0 Å². The zero-order chi connectivity index (χ0) is 16.2. The third kappa shape index (κ3) is 2.65. The first-order valence-corrected chi connectivity index (χ1v) is 7.96. The lowest BCUT2D eigenvalue weighted by Crippen LogP contribution is -2.73. The second kappa shape index (κ2) is 6.57. The molecule has 0 aromatic heterocycles. The van der Waals surface area contributed by atoms with E-state index in [-0.39, 0.29) is 6.61 Å². The summed E-state index contributed by atoms with van der Waals surface area (Å²) in [5.74, 6) is 0.516. The van der Waals surface area contributed by atoms with Crippen molar-refractivity contribution in [3.05, 3.63) is 24.3 Å². The molecule has 0 aliphatic carbocycles. The van der Waals surface area contributed by atoms with Crippen LogP contribution in [-0.2, 0) is 9.53 Å². The van der Waals surface area contributed by atoms with Gasteiger partial charge in [-0.2, -0.15) is 0 Å². The maximum Gasteiger partial charge on any atom is 0.370 e. The molecule has 2 rings (SSSR count). The SMILES string of the molecule is CCCC1(CCC)Oc2ccccc2OC1(N)C(=O)OCC. The predicted molar refractivity (Wildman–Crippen MR) is 83.8 cm³/mol. The molecule has 1 aliphatic heterocycles. The van der Waals surface area contributed by atoms with E-state index in [0.717, 1.165) is 12.8 Å². The Bertz CT molecular complexity index is 525. The monoisotopic (exact) mass is 307 g/mol. The van der Waals surface area contributed by atoms with Crippen molar-refractivity contribution in [1.82, 2.24) is 0 Å². The summed E-state index contributed by atoms with van der Waals surface area (Å²) in [6.07, 6.45) is 2.88. The maximum absolute atomic E-state index is 12.5. The van der Waals surface area contributed by atoms with E-state index in [0.29, 0.717) is 24.3 Å². The number of benzene rings is 1. The second-order valence-electron chi connectivity index (χ2n) is 5.60. The minimum Gasteiger partial charge on any atom is -0.477 e. The Labute approximate surface area is 131 Å². The summed E-state index contributed by atoms with van der Waals surface area (Å²) in [6, 6.07) is 7.28. The fraction of sp³-hybridized carbons (Fsp3) is 0.588. The maximum atomic E-state index is 12.5. The molecule has 1 aliphatic rings. The van der Waals surface area contributed by atoms with E-state index in [1.165, 1.54) is 0 Å². The molecule has 5 heteroatoms. The molecule has 0 saturated heterocycles. The van der Waals surface area contributed by atoms with Crippen LogP contribution in [0.4, 0.5) is 0 Å². The molecule has 1 heterocycles. The van der Waals surface area contributed by atoms with E-state index in [1.807, 2.05) is 32.0 Å². The molecule has 0 bridgehead atoms. The topological polar surface area (TPSA) is 70.8 Å². The Kier molecular flexibility index (Phi) is 4.96. The first kappa shape index (κ1) is 16.6. The van der Waals surface area contributed by atoms with Crippen LogP contribution >= 0.6 is 0 Å². The number of ether oxygens (including phenoxy) is 3. The van der Waals surface area contributed by atoms with E-state index in [1.54, 1.807) is 13.0 Å². The normalized spacial score (nSPS) is 22.2. The first-order valence-electron chi connectivity index (χ1n) is 7.96. The van der Waals surface area contributed by atoms with Crippen LogP contribution in [0.2, 0.25) is 0 Å². The van der Waals surface area contributed by atoms with Crippen LogP contribution in [0.3, 0.4) is 0 Å². The highest BCUT2D eigenvalue weighted by atomic mass is 16.6. The Hall–Kier alpha value is -1.75. The van der Waals surface area contributed by atoms with Gasteiger partial charge < -0.3 is 14.2 Å². The van der Waals surface area contributed by atoms with Gasteiger partial charge in [0.05, 0.1) is 6.61 Å². The molecule has 0 amide bonds. The van der Waals surface area contributed by atoms with Crippen LogP contribution in [-0.4, -0.2) is 23.9 Å². The zero-order valence-electron chi connectivity index (χ0n) is 13.6. The summed E-state index contributed by atoms with van der Waals surface area (Å²) < 4.78 is 17.3. The fourth-order valence-electron chi connectivity index (χ4n) is 3.04. The van der Waals surface area contributed by atoms with E-state index in [2.05, 4.69) is 0 Å². The van der Waals surface area contributed by atoms with E-state index in [4.69, 9.17) is 19.9 Å². The molecule has 0 saturated carbocycles. The standard InChI is InChI=1S/C17H25NO4/c1-4-11-16(12-5-2)17(18,15(19)20-6-3)22-14-10-8-7-9-13(14)21-16/h7-10H,4-6,11-12,18H2,1-3H3. The number of fused-ring (bicyclic) bond motifs is 1. The average Bonchev–Trinajstić information content (AvgIpc) is 2.49. The lowest BCUT2D eigenvalue weighted by Gasteiger charge is -2.49. The van der Waals surface area contributed by atoms with Crippen molar-refractivity contribution in [3.63, 3.8) is 0 Å². The van der Waals surface area contributed by atoms with Crippen molar-refractivity contribution in [3.8, 4) is 11.5 Å². The minimum absolute atomic E-state index is 0.247. The van der Waals surface area contributed by atoms with Gasteiger partial charge in [0.25, 0.3) is 5.72 Å². The van der Waals surface area contributed by atoms with E-state index in [9.17, 15) is 4.79 Å². The van der Waals surface area contributed by atoms with Gasteiger partial charge in [-0.25, -0.2) is 4.79 Å². The highest BCUT2D eigenvalue weighted by Gasteiger charge is 2.61. The smallest absolute Gasteiger partial charge is 0.370 e. The van der Waals surface area contributed by atoms with Crippen molar-refractivity contribution in [2.45, 2.75) is 57.8 Å². The van der Waals surface area contributed by atoms with Crippen molar-refractivity contribution < 1.29 is 19.0 Å².